The topological polar surface area (TPSA) is 117 Å². The summed E-state index contributed by atoms with van der Waals surface area (Å²) >= 11 is 0. The minimum absolute atomic E-state index is 0.163. The second-order valence-electron chi connectivity index (χ2n) is 4.59. The van der Waals surface area contributed by atoms with Gasteiger partial charge in [-0.15, -0.1) is 0 Å². The third-order valence-corrected chi connectivity index (χ3v) is 2.73. The lowest BCUT2D eigenvalue weighted by Gasteiger charge is -2.03. The number of carbonyl (C=O) groups excluding carboxylic acids is 2. The Morgan fingerprint density at radius 1 is 1.22 bits per heavy atom. The number of carboxylic acid groups (broad SMARTS) is 1. The highest BCUT2D eigenvalue weighted by Crippen LogP contribution is 2.02. The van der Waals surface area contributed by atoms with Crippen molar-refractivity contribution in [1.29, 1.82) is 0 Å². The fourth-order valence-electron chi connectivity index (χ4n) is 1.58. The average molecular weight is 321 g/mol. The van der Waals surface area contributed by atoms with Crippen LogP contribution >= 0.6 is 0 Å². The summed E-state index contributed by atoms with van der Waals surface area (Å²) in [6.45, 7) is 0.983. The summed E-state index contributed by atoms with van der Waals surface area (Å²) in [5.74, 6) is -1.94. The predicted molar refractivity (Wildman–Crippen MR) is 83.3 cm³/mol. The molecule has 0 fully saturated rings. The Morgan fingerprint density at radius 3 is 2.52 bits per heavy atom. The zero-order chi connectivity index (χ0) is 17.1. The van der Waals surface area contributed by atoms with E-state index in [2.05, 4.69) is 15.8 Å². The number of aromatic carboxylic acids is 1. The average Bonchev–Trinajstić information content (AvgIpc) is 2.52. The summed E-state index contributed by atoms with van der Waals surface area (Å²) in [5.41, 5.74) is 3.02. The summed E-state index contributed by atoms with van der Waals surface area (Å²) in [4.78, 5) is 33.6. The van der Waals surface area contributed by atoms with E-state index < -0.39 is 11.9 Å². The normalized spacial score (nSPS) is 10.5. The molecular weight excluding hydrogens is 302 g/mol. The molecule has 0 unspecified atom stereocenters. The number of hydrogen-bond acceptors (Lipinski definition) is 5. The SMILES string of the molecule is COCCCNC(=O)CC(=O)N/N=C\c1ccc(C(=O)O)cc1. The van der Waals surface area contributed by atoms with Crippen molar-refractivity contribution >= 4 is 24.0 Å². The van der Waals surface area contributed by atoms with Crippen LogP contribution in [0.4, 0.5) is 0 Å². The van der Waals surface area contributed by atoms with Gasteiger partial charge in [-0.2, -0.15) is 5.10 Å². The molecular formula is C15H19N3O5. The Kier molecular flexibility index (Phi) is 8.01. The first-order valence-corrected chi connectivity index (χ1v) is 6.94. The fraction of sp³-hybridized carbons (Fsp3) is 0.333. The maximum atomic E-state index is 11.5. The largest absolute Gasteiger partial charge is 0.478 e. The molecule has 0 spiro atoms. The van der Waals surface area contributed by atoms with Gasteiger partial charge in [-0.3, -0.25) is 9.59 Å². The van der Waals surface area contributed by atoms with Gasteiger partial charge in [0.2, 0.25) is 11.8 Å². The van der Waals surface area contributed by atoms with Crippen LogP contribution in [-0.4, -0.2) is 49.4 Å². The second kappa shape index (κ2) is 10.1. The van der Waals surface area contributed by atoms with Crippen LogP contribution < -0.4 is 10.7 Å². The van der Waals surface area contributed by atoms with E-state index in [0.717, 1.165) is 0 Å². The Morgan fingerprint density at radius 2 is 1.91 bits per heavy atom. The molecule has 0 saturated carbocycles. The second-order valence-corrected chi connectivity index (χ2v) is 4.59. The number of methoxy groups -OCH3 is 1. The minimum atomic E-state index is -1.02. The molecule has 8 heteroatoms. The zero-order valence-corrected chi connectivity index (χ0v) is 12.7. The van der Waals surface area contributed by atoms with Crippen molar-refractivity contribution < 1.29 is 24.2 Å². The molecule has 2 amide bonds. The van der Waals surface area contributed by atoms with Gasteiger partial charge in [0.1, 0.15) is 6.42 Å². The molecule has 3 N–H and O–H groups in total. The predicted octanol–water partition coefficient (Wildman–Crippen LogP) is 0.378. The minimum Gasteiger partial charge on any atom is -0.478 e. The molecule has 0 heterocycles. The molecule has 0 aliphatic carbocycles. The highest BCUT2D eigenvalue weighted by molar-refractivity contribution is 5.97. The molecule has 0 atom stereocenters. The number of nitrogens with one attached hydrogen (secondary N) is 2. The molecule has 1 aromatic rings. The van der Waals surface area contributed by atoms with E-state index in [4.69, 9.17) is 9.84 Å². The number of nitrogens with zero attached hydrogens (tertiary/aromatic N) is 1. The quantitative estimate of drug-likeness (QED) is 0.263. The number of benzene rings is 1. The number of carboxylic acids is 1. The molecule has 124 valence electrons. The van der Waals surface area contributed by atoms with Crippen molar-refractivity contribution in [3.05, 3.63) is 35.4 Å². The fourth-order valence-corrected chi connectivity index (χ4v) is 1.58. The Hall–Kier alpha value is -2.74. The van der Waals surface area contributed by atoms with Gasteiger partial charge in [-0.1, -0.05) is 12.1 Å². The van der Waals surface area contributed by atoms with Crippen LogP contribution in [0.15, 0.2) is 29.4 Å². The molecule has 0 saturated heterocycles. The summed E-state index contributed by atoms with van der Waals surface area (Å²) in [6, 6.07) is 5.97. The number of amides is 2. The molecule has 23 heavy (non-hydrogen) atoms. The number of carbonyl (C=O) groups is 3. The molecule has 0 aliphatic rings. The first kappa shape index (κ1) is 18.3. The standard InChI is InChI=1S/C15H19N3O5/c1-23-8-2-7-16-13(19)9-14(20)18-17-10-11-3-5-12(6-4-11)15(21)22/h3-6,10H,2,7-9H2,1H3,(H,16,19)(H,18,20)(H,21,22)/b17-10-. The van der Waals surface area contributed by atoms with E-state index >= 15 is 0 Å². The van der Waals surface area contributed by atoms with E-state index in [0.29, 0.717) is 25.1 Å². The molecule has 0 bridgehead atoms. The summed E-state index contributed by atoms with van der Waals surface area (Å²) in [6.07, 6.45) is 1.72. The molecule has 8 nitrogen and oxygen atoms in total. The Balaban J connectivity index is 2.31. The van der Waals surface area contributed by atoms with E-state index in [1.165, 1.54) is 18.3 Å². The van der Waals surface area contributed by atoms with Crippen LogP contribution in [0.1, 0.15) is 28.8 Å². The highest BCUT2D eigenvalue weighted by atomic mass is 16.5. The smallest absolute Gasteiger partial charge is 0.335 e. The maximum Gasteiger partial charge on any atom is 0.335 e. The molecule has 0 radical (unpaired) electrons. The monoisotopic (exact) mass is 321 g/mol. The van der Waals surface area contributed by atoms with Crippen molar-refractivity contribution in [3.8, 4) is 0 Å². The van der Waals surface area contributed by atoms with Gasteiger partial charge in [-0.25, -0.2) is 10.2 Å². The van der Waals surface area contributed by atoms with Gasteiger partial charge in [0.25, 0.3) is 0 Å². The Bertz CT molecular complexity index is 569. The number of rotatable bonds is 9. The molecule has 0 aromatic heterocycles. The van der Waals surface area contributed by atoms with E-state index in [-0.39, 0.29) is 17.9 Å². The zero-order valence-electron chi connectivity index (χ0n) is 12.7. The van der Waals surface area contributed by atoms with E-state index in [9.17, 15) is 14.4 Å². The summed E-state index contributed by atoms with van der Waals surface area (Å²) < 4.78 is 4.84. The lowest BCUT2D eigenvalue weighted by atomic mass is 10.1. The van der Waals surface area contributed by atoms with Gasteiger partial charge in [0.05, 0.1) is 11.8 Å². The van der Waals surface area contributed by atoms with Gasteiger partial charge >= 0.3 is 5.97 Å². The molecule has 1 rings (SSSR count). The van der Waals surface area contributed by atoms with Crippen LogP contribution in [-0.2, 0) is 14.3 Å². The van der Waals surface area contributed by atoms with Crippen molar-refractivity contribution in [3.63, 3.8) is 0 Å². The van der Waals surface area contributed by atoms with E-state index in [1.807, 2.05) is 0 Å². The molecule has 1 aromatic carbocycles. The van der Waals surface area contributed by atoms with Gasteiger partial charge in [-0.05, 0) is 24.1 Å². The lowest BCUT2D eigenvalue weighted by molar-refractivity contribution is -0.129. The van der Waals surface area contributed by atoms with Crippen molar-refractivity contribution in [2.75, 3.05) is 20.3 Å². The van der Waals surface area contributed by atoms with Gasteiger partial charge < -0.3 is 15.2 Å². The number of hydrazone groups is 1. The lowest BCUT2D eigenvalue weighted by Crippen LogP contribution is -2.30. The van der Waals surface area contributed by atoms with Crippen LogP contribution in [0.5, 0.6) is 0 Å². The number of hydrogen-bond donors (Lipinski definition) is 3. The first-order valence-electron chi connectivity index (χ1n) is 6.94. The van der Waals surface area contributed by atoms with Crippen LogP contribution in [0.3, 0.4) is 0 Å². The third kappa shape index (κ3) is 7.72. The van der Waals surface area contributed by atoms with Crippen molar-refractivity contribution in [1.82, 2.24) is 10.7 Å². The third-order valence-electron chi connectivity index (χ3n) is 2.73. The summed E-state index contributed by atoms with van der Waals surface area (Å²) in [7, 11) is 1.57. The van der Waals surface area contributed by atoms with Gasteiger partial charge in [0.15, 0.2) is 0 Å². The van der Waals surface area contributed by atoms with Crippen molar-refractivity contribution in [2.45, 2.75) is 12.8 Å². The van der Waals surface area contributed by atoms with Gasteiger partial charge in [0, 0.05) is 20.3 Å². The number of ether oxygens (including phenoxy) is 1. The summed E-state index contributed by atoms with van der Waals surface area (Å²) in [5, 5.41) is 15.1. The van der Waals surface area contributed by atoms with Crippen LogP contribution in [0.2, 0.25) is 0 Å². The van der Waals surface area contributed by atoms with Crippen LogP contribution in [0.25, 0.3) is 0 Å². The maximum absolute atomic E-state index is 11.5. The molecule has 0 aliphatic heterocycles. The van der Waals surface area contributed by atoms with E-state index in [1.54, 1.807) is 19.2 Å². The Labute approximate surface area is 133 Å². The van der Waals surface area contributed by atoms with Crippen molar-refractivity contribution in [2.24, 2.45) is 5.10 Å². The highest BCUT2D eigenvalue weighted by Gasteiger charge is 2.07. The van der Waals surface area contributed by atoms with Crippen LogP contribution in [0, 0.1) is 0 Å². The first-order chi connectivity index (χ1) is 11.0.